The summed E-state index contributed by atoms with van der Waals surface area (Å²) in [6, 6.07) is 0. The molecule has 0 bridgehead atoms. The van der Waals surface area contributed by atoms with Gasteiger partial charge in [0.1, 0.15) is 0 Å². The van der Waals surface area contributed by atoms with E-state index in [-0.39, 0.29) is 6.39 Å². The minimum atomic E-state index is -0.537. The van der Waals surface area contributed by atoms with Gasteiger partial charge in [-0.3, -0.25) is 7.06 Å². The standard InChI is InChI=1S/B7/c1-5-7(4)6(2)3/q-1. The van der Waals surface area contributed by atoms with Gasteiger partial charge < -0.3 is 7.74 Å². The molecule has 22 valence electrons. The summed E-state index contributed by atoms with van der Waals surface area (Å²) in [4.78, 5) is 0. The van der Waals surface area contributed by atoms with Gasteiger partial charge in [-0.05, 0) is 36.0 Å². The molecule has 0 aliphatic heterocycles. The Balaban J connectivity index is 3.14. The van der Waals surface area contributed by atoms with Crippen LogP contribution in [0.2, 0.25) is 0 Å². The molecule has 0 saturated carbocycles. The van der Waals surface area contributed by atoms with Crippen molar-refractivity contribution >= 4 is 50.8 Å². The third-order valence-electron chi connectivity index (χ3n) is 0.667. The highest BCUT2D eigenvalue weighted by Crippen LogP contribution is 1.68. The Hall–Kier alpha value is 0.455. The van der Waals surface area contributed by atoms with Crippen LogP contribution in [0.1, 0.15) is 0 Å². The molecule has 0 unspecified atom stereocenters. The second kappa shape index (κ2) is 3.46. The van der Waals surface area contributed by atoms with Crippen LogP contribution in [0.5, 0.6) is 0 Å². The van der Waals surface area contributed by atoms with Crippen molar-refractivity contribution in [3.63, 3.8) is 0 Å². The van der Waals surface area contributed by atoms with Gasteiger partial charge in [0.2, 0.25) is 0 Å². The summed E-state index contributed by atoms with van der Waals surface area (Å²) in [6.45, 7) is 0. The van der Waals surface area contributed by atoms with Crippen LogP contribution in [-0.2, 0) is 0 Å². The molecule has 0 N–H and O–H groups in total. The lowest BCUT2D eigenvalue weighted by Gasteiger charge is -2.15. The summed E-state index contributed by atoms with van der Waals surface area (Å²) >= 11 is 0. The molecule has 0 saturated heterocycles. The van der Waals surface area contributed by atoms with Crippen LogP contribution in [0, 0.1) is 0 Å². The van der Waals surface area contributed by atoms with E-state index in [4.69, 9.17) is 30.9 Å². The van der Waals surface area contributed by atoms with Crippen LogP contribution < -0.4 is 0 Å². The van der Waals surface area contributed by atoms with Crippen molar-refractivity contribution in [3.05, 3.63) is 0 Å². The first-order valence-corrected chi connectivity index (χ1v) is 2.00. The first-order chi connectivity index (χ1) is 3.18. The average molecular weight is 75.7 g/mol. The Morgan fingerprint density at radius 3 is 1.71 bits per heavy atom. The van der Waals surface area contributed by atoms with Crippen LogP contribution in [-0.4, -0.2) is 50.8 Å². The van der Waals surface area contributed by atoms with Crippen molar-refractivity contribution < 1.29 is 0 Å². The zero-order valence-corrected chi connectivity index (χ0v) is 4.04. The SMILES string of the molecule is [B]B([B])B([B])[B][B-]. The van der Waals surface area contributed by atoms with Gasteiger partial charge in [-0.15, -0.1) is 0 Å². The summed E-state index contributed by atoms with van der Waals surface area (Å²) in [5.41, 5.74) is 0. The van der Waals surface area contributed by atoms with Crippen molar-refractivity contribution in [2.24, 2.45) is 0 Å². The van der Waals surface area contributed by atoms with Crippen molar-refractivity contribution in [2.45, 2.75) is 0 Å². The highest BCUT2D eigenvalue weighted by molar-refractivity contribution is 7.81. The predicted molar refractivity (Wildman–Crippen MR) is 40.3 cm³/mol. The lowest BCUT2D eigenvalue weighted by atomic mass is 8.76. The van der Waals surface area contributed by atoms with E-state index in [0.29, 0.717) is 0 Å². The van der Waals surface area contributed by atoms with Crippen molar-refractivity contribution in [3.8, 4) is 0 Å². The molecule has 0 aliphatic rings. The van der Waals surface area contributed by atoms with Gasteiger partial charge in [-0.25, -0.2) is 0 Å². The zero-order chi connectivity index (χ0) is 5.86. The molecule has 0 heterocycles. The van der Waals surface area contributed by atoms with Crippen molar-refractivity contribution in [2.75, 3.05) is 0 Å². The molecule has 0 spiro atoms. The summed E-state index contributed by atoms with van der Waals surface area (Å²) in [5, 5.41) is 0. The molecule has 0 aromatic carbocycles. The molecule has 7 heavy (non-hydrogen) atoms. The van der Waals surface area contributed by atoms with Crippen LogP contribution in [0.4, 0.5) is 0 Å². The Labute approximate surface area is 51.5 Å². The number of hydrogen-bond donors (Lipinski definition) is 0. The fourth-order valence-corrected chi connectivity index (χ4v) is 0.128. The van der Waals surface area contributed by atoms with Gasteiger partial charge in [0, 0.05) is 0 Å². The molecule has 0 aromatic heterocycles. The van der Waals surface area contributed by atoms with Gasteiger partial charge in [0.25, 0.3) is 0 Å². The van der Waals surface area contributed by atoms with Crippen LogP contribution in [0.3, 0.4) is 0 Å². The van der Waals surface area contributed by atoms with Crippen LogP contribution in [0.25, 0.3) is 0 Å². The molecule has 10 radical (unpaired) electrons. The molecular weight excluding hydrogens is 75.7 g/mol. The first kappa shape index (κ1) is 7.45. The predicted octanol–water partition coefficient (Wildman–Crippen LogP) is -2.67. The fourth-order valence-electron chi connectivity index (χ4n) is 0.128. The van der Waals surface area contributed by atoms with E-state index in [1.54, 1.807) is 0 Å². The van der Waals surface area contributed by atoms with Gasteiger partial charge in [0.05, 0.1) is 0 Å². The van der Waals surface area contributed by atoms with Gasteiger partial charge in [0.15, 0.2) is 0 Å². The topological polar surface area (TPSA) is 0 Å². The first-order valence-electron chi connectivity index (χ1n) is 2.00. The Kier molecular flexibility index (Phi) is 3.68. The monoisotopic (exact) mass is 77.1 g/mol. The highest BCUT2D eigenvalue weighted by atomic mass is 12.9. The molecule has 0 nitrogen and oxygen atoms in total. The van der Waals surface area contributed by atoms with Gasteiger partial charge >= 0.3 is 0 Å². The summed E-state index contributed by atoms with van der Waals surface area (Å²) in [7, 11) is 21.6. The molecule has 0 aliphatic carbocycles. The molecule has 0 fully saturated rings. The highest BCUT2D eigenvalue weighted by Gasteiger charge is 2.00. The van der Waals surface area contributed by atoms with Gasteiger partial charge in [-0.2, -0.15) is 0 Å². The summed E-state index contributed by atoms with van der Waals surface area (Å²) < 4.78 is 0. The van der Waals surface area contributed by atoms with E-state index in [9.17, 15) is 0 Å². The molecule has 7 heteroatoms. The normalized spacial score (nSPS) is 7.57. The van der Waals surface area contributed by atoms with E-state index in [2.05, 4.69) is 0 Å². The minimum absolute atomic E-state index is 0.389. The maximum Gasteiger partial charge on any atom is -0.000105 e. The Bertz CT molecular complexity index is 37.3. The number of rotatable bonds is 2. The molecule has 0 rings (SSSR count). The zero-order valence-electron chi connectivity index (χ0n) is 4.04. The third kappa shape index (κ3) is 3.07. The van der Waals surface area contributed by atoms with Crippen LogP contribution in [0.15, 0.2) is 0 Å². The van der Waals surface area contributed by atoms with E-state index in [1.807, 2.05) is 0 Å². The third-order valence-corrected chi connectivity index (χ3v) is 0.667. The minimum Gasteiger partial charge on any atom is -0.690 e. The molecule has 0 aromatic rings. The second-order valence-electron chi connectivity index (χ2n) is 1.35. The lowest BCUT2D eigenvalue weighted by molar-refractivity contribution is 3.70. The quantitative estimate of drug-likeness (QED) is 0.314. The second-order valence-corrected chi connectivity index (χ2v) is 1.35. The Morgan fingerprint density at radius 2 is 1.71 bits per heavy atom. The lowest BCUT2D eigenvalue weighted by Crippen LogP contribution is -2.43. The largest absolute Gasteiger partial charge is 0.690 e. The Morgan fingerprint density at radius 1 is 1.29 bits per heavy atom. The van der Waals surface area contributed by atoms with Gasteiger partial charge in [-0.1, -0.05) is 0 Å². The van der Waals surface area contributed by atoms with E-state index in [0.717, 1.165) is 0 Å². The maximum atomic E-state index is 5.19. The average Bonchev–Trinajstić information content (AvgIpc) is 1.65. The summed E-state index contributed by atoms with van der Waals surface area (Å²) in [5.74, 6) is 0. The van der Waals surface area contributed by atoms with E-state index < -0.39 is 6.39 Å². The molecule has 0 amide bonds. The summed E-state index contributed by atoms with van der Waals surface area (Å²) in [6.07, 6.45) is -0.926. The smallest absolute Gasteiger partial charge is 0.000105 e. The van der Waals surface area contributed by atoms with Crippen molar-refractivity contribution in [1.82, 2.24) is 0 Å². The fraction of sp³-hybridized carbons (Fsp3) is 0. The number of hydrogen-bond acceptors (Lipinski definition) is 0. The molecular formula is B7-. The van der Waals surface area contributed by atoms with Crippen LogP contribution >= 0.6 is 0 Å². The van der Waals surface area contributed by atoms with E-state index in [1.165, 1.54) is 7.06 Å². The van der Waals surface area contributed by atoms with Crippen molar-refractivity contribution in [1.29, 1.82) is 0 Å². The molecule has 0 atom stereocenters. The van der Waals surface area contributed by atoms with E-state index >= 15 is 0 Å². The maximum absolute atomic E-state index is 5.19.